The minimum absolute atomic E-state index is 0.0333. The van der Waals surface area contributed by atoms with Gasteiger partial charge in [0, 0.05) is 11.5 Å². The van der Waals surface area contributed by atoms with Crippen molar-refractivity contribution in [1.82, 2.24) is 4.98 Å². The summed E-state index contributed by atoms with van der Waals surface area (Å²) in [6, 6.07) is 3.18. The van der Waals surface area contributed by atoms with Crippen LogP contribution < -0.4 is 9.47 Å². The van der Waals surface area contributed by atoms with Crippen molar-refractivity contribution in [3.63, 3.8) is 0 Å². The second-order valence-electron chi connectivity index (χ2n) is 3.44. The molecule has 7 heteroatoms. The lowest BCUT2D eigenvalue weighted by molar-refractivity contribution is -0.384. The van der Waals surface area contributed by atoms with E-state index in [2.05, 4.69) is 4.98 Å². The number of aromatic nitrogens is 1. The molecule has 0 amide bonds. The van der Waals surface area contributed by atoms with Gasteiger partial charge in [-0.2, -0.15) is 0 Å². The summed E-state index contributed by atoms with van der Waals surface area (Å²) in [5.41, 5.74) is 0.264. The quantitative estimate of drug-likeness (QED) is 0.632. The lowest BCUT2D eigenvalue weighted by Gasteiger charge is -2.09. The van der Waals surface area contributed by atoms with E-state index in [9.17, 15) is 10.1 Å². The van der Waals surface area contributed by atoms with E-state index in [0.29, 0.717) is 22.4 Å². The number of benzene rings is 1. The highest BCUT2D eigenvalue weighted by atomic mass is 35.5. The summed E-state index contributed by atoms with van der Waals surface area (Å²) in [4.78, 5) is 14.2. The topological polar surface area (TPSA) is 74.5 Å². The zero-order chi connectivity index (χ0) is 13.3. The molecule has 2 aromatic rings. The predicted molar refractivity (Wildman–Crippen MR) is 66.5 cm³/mol. The third kappa shape index (κ3) is 1.91. The van der Waals surface area contributed by atoms with Gasteiger partial charge in [-0.3, -0.25) is 10.1 Å². The number of methoxy groups -OCH3 is 2. The van der Waals surface area contributed by atoms with Crippen molar-refractivity contribution in [2.24, 2.45) is 0 Å². The highest BCUT2D eigenvalue weighted by Gasteiger charge is 2.18. The van der Waals surface area contributed by atoms with Crippen LogP contribution in [0.3, 0.4) is 0 Å². The van der Waals surface area contributed by atoms with E-state index in [0.717, 1.165) is 6.20 Å². The fraction of sp³-hybridized carbons (Fsp3) is 0.182. The molecule has 6 nitrogen and oxygen atoms in total. The minimum atomic E-state index is -0.578. The first-order valence-corrected chi connectivity index (χ1v) is 5.31. The van der Waals surface area contributed by atoms with Crippen LogP contribution in [0.2, 0.25) is 5.02 Å². The predicted octanol–water partition coefficient (Wildman–Crippen LogP) is 2.81. The first kappa shape index (κ1) is 12.4. The molecule has 1 heterocycles. The largest absolute Gasteiger partial charge is 0.493 e. The van der Waals surface area contributed by atoms with Gasteiger partial charge >= 0.3 is 5.69 Å². The first-order chi connectivity index (χ1) is 8.58. The fourth-order valence-electron chi connectivity index (χ4n) is 1.60. The fourth-order valence-corrected chi connectivity index (χ4v) is 1.87. The molecule has 0 aliphatic heterocycles. The molecular formula is C11H9ClN2O4. The lowest BCUT2D eigenvalue weighted by atomic mass is 10.2. The lowest BCUT2D eigenvalue weighted by Crippen LogP contribution is -1.94. The van der Waals surface area contributed by atoms with Gasteiger partial charge in [-0.25, -0.2) is 4.98 Å². The standard InChI is InChI=1S/C11H9ClN2O4/c1-17-9-3-6-7(4-10(9)18-2)13-5-8(11(6)12)14(15)16/h3-5H,1-2H3. The maximum Gasteiger partial charge on any atom is 0.306 e. The summed E-state index contributed by atoms with van der Waals surface area (Å²) in [6.45, 7) is 0. The van der Waals surface area contributed by atoms with Crippen LogP contribution in [0.5, 0.6) is 11.5 Å². The molecule has 1 aromatic heterocycles. The number of fused-ring (bicyclic) bond motifs is 1. The van der Waals surface area contributed by atoms with Crippen LogP contribution in [0.4, 0.5) is 5.69 Å². The Kier molecular flexibility index (Phi) is 3.20. The summed E-state index contributed by atoms with van der Waals surface area (Å²) in [6.07, 6.45) is 1.12. The summed E-state index contributed by atoms with van der Waals surface area (Å²) in [5, 5.41) is 11.2. The molecule has 0 N–H and O–H groups in total. The van der Waals surface area contributed by atoms with Crippen molar-refractivity contribution in [2.45, 2.75) is 0 Å². The Morgan fingerprint density at radius 3 is 2.44 bits per heavy atom. The van der Waals surface area contributed by atoms with E-state index in [1.54, 1.807) is 12.1 Å². The Morgan fingerprint density at radius 1 is 1.28 bits per heavy atom. The van der Waals surface area contributed by atoms with Crippen molar-refractivity contribution in [1.29, 1.82) is 0 Å². The van der Waals surface area contributed by atoms with Crippen molar-refractivity contribution in [3.8, 4) is 11.5 Å². The molecule has 0 unspecified atom stereocenters. The Hall–Kier alpha value is -2.08. The summed E-state index contributed by atoms with van der Waals surface area (Å²) < 4.78 is 10.2. The van der Waals surface area contributed by atoms with Gasteiger partial charge in [0.2, 0.25) is 0 Å². The molecule has 94 valence electrons. The average Bonchev–Trinajstić information content (AvgIpc) is 2.37. The smallest absolute Gasteiger partial charge is 0.306 e. The zero-order valence-electron chi connectivity index (χ0n) is 9.64. The summed E-state index contributed by atoms with van der Waals surface area (Å²) in [7, 11) is 2.97. The van der Waals surface area contributed by atoms with Crippen LogP contribution in [0.1, 0.15) is 0 Å². The minimum Gasteiger partial charge on any atom is -0.493 e. The van der Waals surface area contributed by atoms with Crippen molar-refractivity contribution >= 4 is 28.2 Å². The molecule has 0 radical (unpaired) electrons. The van der Waals surface area contributed by atoms with Gasteiger partial charge in [-0.05, 0) is 6.07 Å². The maximum atomic E-state index is 10.8. The SMILES string of the molecule is COc1cc2ncc([N+](=O)[O-])c(Cl)c2cc1OC. The number of hydrogen-bond donors (Lipinski definition) is 0. The third-order valence-corrected chi connectivity index (χ3v) is 2.88. The van der Waals surface area contributed by atoms with Gasteiger partial charge < -0.3 is 9.47 Å². The van der Waals surface area contributed by atoms with Crippen LogP contribution in [0, 0.1) is 10.1 Å². The number of halogens is 1. The van der Waals surface area contributed by atoms with Crippen molar-refractivity contribution in [2.75, 3.05) is 14.2 Å². The van der Waals surface area contributed by atoms with Gasteiger partial charge in [0.05, 0.1) is 24.7 Å². The van der Waals surface area contributed by atoms with E-state index >= 15 is 0 Å². The highest BCUT2D eigenvalue weighted by Crippen LogP contribution is 2.37. The number of rotatable bonds is 3. The van der Waals surface area contributed by atoms with E-state index in [-0.39, 0.29) is 10.7 Å². The number of pyridine rings is 1. The van der Waals surface area contributed by atoms with Crippen molar-refractivity contribution in [3.05, 3.63) is 33.5 Å². The zero-order valence-corrected chi connectivity index (χ0v) is 10.4. The van der Waals surface area contributed by atoms with Gasteiger partial charge in [0.25, 0.3) is 0 Å². The summed E-state index contributed by atoms with van der Waals surface area (Å²) in [5.74, 6) is 0.927. The molecule has 0 spiro atoms. The first-order valence-electron chi connectivity index (χ1n) is 4.93. The van der Waals surface area contributed by atoms with Crippen molar-refractivity contribution < 1.29 is 14.4 Å². The number of hydrogen-bond acceptors (Lipinski definition) is 5. The molecule has 0 atom stereocenters. The van der Waals surface area contributed by atoms with Crippen LogP contribution in [0.25, 0.3) is 10.9 Å². The molecule has 1 aromatic carbocycles. The Morgan fingerprint density at radius 2 is 1.89 bits per heavy atom. The molecule has 0 fully saturated rings. The molecule has 0 saturated heterocycles. The number of nitrogens with zero attached hydrogens (tertiary/aromatic N) is 2. The Bertz CT molecular complexity index is 630. The van der Waals surface area contributed by atoms with Crippen LogP contribution in [-0.4, -0.2) is 24.1 Å². The molecule has 18 heavy (non-hydrogen) atoms. The van der Waals surface area contributed by atoms with Crippen LogP contribution in [0.15, 0.2) is 18.3 Å². The van der Waals surface area contributed by atoms with Gasteiger partial charge in [-0.15, -0.1) is 0 Å². The molecule has 0 saturated carbocycles. The molecule has 0 aliphatic rings. The van der Waals surface area contributed by atoms with E-state index in [4.69, 9.17) is 21.1 Å². The second-order valence-corrected chi connectivity index (χ2v) is 3.82. The highest BCUT2D eigenvalue weighted by molar-refractivity contribution is 6.37. The van der Waals surface area contributed by atoms with Gasteiger partial charge in [0.15, 0.2) is 11.5 Å². The third-order valence-electron chi connectivity index (χ3n) is 2.49. The number of ether oxygens (including phenoxy) is 2. The second kappa shape index (κ2) is 4.66. The van der Waals surface area contributed by atoms with Gasteiger partial charge in [0.1, 0.15) is 11.2 Å². The monoisotopic (exact) mass is 268 g/mol. The van der Waals surface area contributed by atoms with Gasteiger partial charge in [-0.1, -0.05) is 11.6 Å². The van der Waals surface area contributed by atoms with Crippen LogP contribution in [-0.2, 0) is 0 Å². The number of nitro groups is 1. The van der Waals surface area contributed by atoms with Crippen LogP contribution >= 0.6 is 11.6 Å². The average molecular weight is 269 g/mol. The van der Waals surface area contributed by atoms with E-state index in [1.165, 1.54) is 14.2 Å². The molecule has 2 rings (SSSR count). The molecular weight excluding hydrogens is 260 g/mol. The summed E-state index contributed by atoms with van der Waals surface area (Å²) >= 11 is 5.98. The maximum absolute atomic E-state index is 10.8. The molecule has 0 bridgehead atoms. The normalized spacial score (nSPS) is 10.4. The molecule has 0 aliphatic carbocycles. The Balaban J connectivity index is 2.77. The Labute approximate surface area is 107 Å². The van der Waals surface area contributed by atoms with E-state index < -0.39 is 4.92 Å². The van der Waals surface area contributed by atoms with E-state index in [1.807, 2.05) is 0 Å².